The first-order valence-corrected chi connectivity index (χ1v) is 24.2. The number of carbonyl (C=O) groups excluding carboxylic acids is 4. The number of cyclic esters (lactones) is 1. The van der Waals surface area contributed by atoms with Crippen molar-refractivity contribution < 1.29 is 41.8 Å². The number of sulfonamides is 1. The van der Waals surface area contributed by atoms with Crippen molar-refractivity contribution in [3.63, 3.8) is 0 Å². The quantitative estimate of drug-likeness (QED) is 0.191. The van der Waals surface area contributed by atoms with Crippen molar-refractivity contribution in [2.24, 2.45) is 17.3 Å². The number of aryl methyl sites for hydroxylation is 3. The van der Waals surface area contributed by atoms with E-state index in [1.54, 1.807) is 7.11 Å². The van der Waals surface area contributed by atoms with Crippen LogP contribution in [-0.2, 0) is 48.4 Å². The summed E-state index contributed by atoms with van der Waals surface area (Å²) in [5.74, 6) is -1.32. The molecule has 8 rings (SSSR count). The van der Waals surface area contributed by atoms with Gasteiger partial charge in [-0.2, -0.15) is 0 Å². The van der Waals surface area contributed by atoms with E-state index in [1.807, 2.05) is 44.2 Å². The zero-order valence-corrected chi connectivity index (χ0v) is 37.5. The van der Waals surface area contributed by atoms with Gasteiger partial charge >= 0.3 is 6.09 Å². The highest BCUT2D eigenvalue weighted by Gasteiger charge is 2.62. The van der Waals surface area contributed by atoms with Gasteiger partial charge in [0, 0.05) is 35.6 Å². The molecule has 2 aliphatic heterocycles. The molecule has 2 aromatic carbocycles. The Morgan fingerprint density at radius 2 is 1.79 bits per heavy atom. The molecule has 4 amide bonds. The van der Waals surface area contributed by atoms with Crippen LogP contribution in [0.3, 0.4) is 0 Å². The summed E-state index contributed by atoms with van der Waals surface area (Å²) < 4.78 is 46.7. The highest BCUT2D eigenvalue weighted by atomic mass is 32.2. The number of nitrogens with zero attached hydrogens (tertiary/aromatic N) is 2. The third kappa shape index (κ3) is 9.98. The minimum absolute atomic E-state index is 0.0101. The first-order valence-electron chi connectivity index (χ1n) is 22.6. The number of alkyl carbamates (subject to hydrolysis) is 1. The molecule has 4 fully saturated rings. The molecule has 3 heterocycles. The Morgan fingerprint density at radius 3 is 2.49 bits per heavy atom. The van der Waals surface area contributed by atoms with E-state index in [-0.39, 0.29) is 37.3 Å². The predicted molar refractivity (Wildman–Crippen MR) is 238 cm³/mol. The summed E-state index contributed by atoms with van der Waals surface area (Å²) in [5, 5.41) is 5.96. The lowest BCUT2D eigenvalue weighted by Crippen LogP contribution is -2.59. The number of ether oxygens (including phenoxy) is 3. The molecule has 4 bridgehead atoms. The van der Waals surface area contributed by atoms with Crippen molar-refractivity contribution in [2.45, 2.75) is 133 Å². The van der Waals surface area contributed by atoms with Crippen molar-refractivity contribution in [1.29, 1.82) is 0 Å². The Bertz CT molecular complexity index is 2350. The van der Waals surface area contributed by atoms with E-state index in [1.165, 1.54) is 16.5 Å². The van der Waals surface area contributed by atoms with E-state index in [9.17, 15) is 22.8 Å². The summed E-state index contributed by atoms with van der Waals surface area (Å²) in [4.78, 5) is 63.7. The lowest BCUT2D eigenvalue weighted by molar-refractivity contribution is -0.142. The Kier molecular flexibility index (Phi) is 12.8. The van der Waals surface area contributed by atoms with Gasteiger partial charge in [-0.1, -0.05) is 69.5 Å². The van der Waals surface area contributed by atoms with Crippen LogP contribution in [0.5, 0.6) is 11.5 Å². The average Bonchev–Trinajstić information content (AvgIpc) is 4.21. The number of carbonyl (C=O) groups is 4. The van der Waals surface area contributed by atoms with Gasteiger partial charge in [-0.15, -0.1) is 6.58 Å². The standard InChI is InChI=1S/C48H61N5O9S/c1-5-33-27-48(33,45(56)52-63(58,59)36-20-21-36)51-43(54)39-25-35-28-53(39)44(55)42(31-15-10-7-11-16-31)50-46(57)61-29-47(2,3)22-12-17-32-23-37-38(26-40(32)60-4)49-34(24-41(37)62-35)19-18-30-13-8-6-9-14-30/h5-6,8-9,13-14,23-24,26,31,33,35-36,39,42H,1,7,10-12,15-22,25,27-29H2,2-4H3,(H,50,57)(H,51,54)(H,52,56)/t33-,35-,39+,42+,48-/m1/s1. The van der Waals surface area contributed by atoms with Gasteiger partial charge in [0.25, 0.3) is 5.91 Å². The number of amides is 4. The maximum Gasteiger partial charge on any atom is 0.407 e. The molecule has 0 unspecified atom stereocenters. The number of benzene rings is 2. The fraction of sp³-hybridized carbons (Fsp3) is 0.562. The molecular weight excluding hydrogens is 823 g/mol. The van der Waals surface area contributed by atoms with Gasteiger partial charge in [0.15, 0.2) is 0 Å². The first-order chi connectivity index (χ1) is 30.2. The summed E-state index contributed by atoms with van der Waals surface area (Å²) in [7, 11) is -2.27. The van der Waals surface area contributed by atoms with Crippen molar-refractivity contribution in [3.05, 3.63) is 78.0 Å². The lowest BCUT2D eigenvalue weighted by atomic mass is 9.83. The molecule has 63 heavy (non-hydrogen) atoms. The number of pyridine rings is 1. The molecule has 3 saturated carbocycles. The summed E-state index contributed by atoms with van der Waals surface area (Å²) in [6.07, 6.45) is 9.14. The minimum Gasteiger partial charge on any atom is -0.496 e. The van der Waals surface area contributed by atoms with Gasteiger partial charge in [-0.3, -0.25) is 24.1 Å². The molecular formula is C48H61N5O9S. The number of methoxy groups -OCH3 is 1. The van der Waals surface area contributed by atoms with Crippen molar-refractivity contribution in [1.82, 2.24) is 25.2 Å². The fourth-order valence-electron chi connectivity index (χ4n) is 9.71. The molecule has 5 aliphatic rings. The Balaban J connectivity index is 1.17. The largest absolute Gasteiger partial charge is 0.496 e. The molecule has 0 radical (unpaired) electrons. The van der Waals surface area contributed by atoms with Gasteiger partial charge in [0.2, 0.25) is 21.8 Å². The molecule has 15 heteroatoms. The molecule has 14 nitrogen and oxygen atoms in total. The van der Waals surface area contributed by atoms with Crippen LogP contribution >= 0.6 is 0 Å². The number of aromatic nitrogens is 1. The van der Waals surface area contributed by atoms with Crippen molar-refractivity contribution in [3.8, 4) is 11.5 Å². The third-order valence-electron chi connectivity index (χ3n) is 13.7. The van der Waals surface area contributed by atoms with E-state index in [4.69, 9.17) is 19.2 Å². The lowest BCUT2D eigenvalue weighted by Gasteiger charge is -2.35. The van der Waals surface area contributed by atoms with E-state index in [0.717, 1.165) is 55.2 Å². The number of nitrogens with one attached hydrogen (secondary N) is 3. The topological polar surface area (TPSA) is 182 Å². The van der Waals surface area contributed by atoms with E-state index >= 15 is 4.79 Å². The zero-order valence-electron chi connectivity index (χ0n) is 36.7. The molecule has 5 atom stereocenters. The van der Waals surface area contributed by atoms with Gasteiger partial charge in [0.05, 0.1) is 31.0 Å². The molecule has 3 N–H and O–H groups in total. The van der Waals surface area contributed by atoms with Gasteiger partial charge in [0.1, 0.15) is 35.2 Å². The van der Waals surface area contributed by atoms with E-state index < -0.39 is 68.7 Å². The fourth-order valence-corrected chi connectivity index (χ4v) is 11.1. The summed E-state index contributed by atoms with van der Waals surface area (Å²) in [6.45, 7) is 8.08. The highest BCUT2D eigenvalue weighted by Crippen LogP contribution is 2.46. The maximum atomic E-state index is 15.1. The van der Waals surface area contributed by atoms with Crippen LogP contribution < -0.4 is 24.8 Å². The Hall–Kier alpha value is -5.18. The van der Waals surface area contributed by atoms with Crippen LogP contribution in [0, 0.1) is 17.3 Å². The summed E-state index contributed by atoms with van der Waals surface area (Å²) >= 11 is 0. The van der Waals surface area contributed by atoms with Gasteiger partial charge in [-0.25, -0.2) is 13.2 Å². The van der Waals surface area contributed by atoms with Crippen LogP contribution in [0.1, 0.15) is 101 Å². The zero-order chi connectivity index (χ0) is 44.5. The molecule has 1 aromatic heterocycles. The summed E-state index contributed by atoms with van der Waals surface area (Å²) in [6, 6.07) is 14.0. The monoisotopic (exact) mass is 883 g/mol. The smallest absolute Gasteiger partial charge is 0.407 e. The van der Waals surface area contributed by atoms with Crippen LogP contribution in [-0.4, -0.2) is 91.4 Å². The SMILES string of the molecule is C=C[C@@H]1C[C@]1(NC(=O)[C@@H]1C[C@@H]2CN1C(=O)[C@H](C1CCCCC1)NC(=O)OCC(C)(C)CCCc1cc3c(cc(CCc4ccccc4)nc3cc1OC)O2)C(=O)NS(=O)(=O)C1CC1. The molecule has 0 spiro atoms. The number of hydrogen-bond donors (Lipinski definition) is 3. The third-order valence-corrected chi connectivity index (χ3v) is 15.5. The van der Waals surface area contributed by atoms with Crippen LogP contribution in [0.15, 0.2) is 61.2 Å². The average molecular weight is 884 g/mol. The van der Waals surface area contributed by atoms with Crippen LogP contribution in [0.25, 0.3) is 10.9 Å². The van der Waals surface area contributed by atoms with Crippen LogP contribution in [0.2, 0.25) is 0 Å². The second kappa shape index (κ2) is 18.1. The maximum absolute atomic E-state index is 15.1. The number of fused-ring (bicyclic) bond motifs is 3. The van der Waals surface area contributed by atoms with Crippen LogP contribution in [0.4, 0.5) is 4.79 Å². The predicted octanol–water partition coefficient (Wildman–Crippen LogP) is 6.08. The normalized spacial score (nSPS) is 26.7. The number of hydrogen-bond acceptors (Lipinski definition) is 10. The highest BCUT2D eigenvalue weighted by molar-refractivity contribution is 7.91. The van der Waals surface area contributed by atoms with Gasteiger partial charge in [-0.05, 0) is 92.7 Å². The second-order valence-electron chi connectivity index (χ2n) is 19.1. The minimum atomic E-state index is -3.92. The Labute approximate surface area is 370 Å². The van der Waals surface area contributed by atoms with Crippen molar-refractivity contribution in [2.75, 3.05) is 20.3 Å². The van der Waals surface area contributed by atoms with E-state index in [2.05, 4.69) is 40.1 Å². The van der Waals surface area contributed by atoms with Gasteiger partial charge < -0.3 is 29.7 Å². The molecule has 338 valence electrons. The first kappa shape index (κ1) is 44.4. The Morgan fingerprint density at radius 1 is 1.03 bits per heavy atom. The molecule has 1 saturated heterocycles. The number of rotatable bonds is 11. The second-order valence-corrected chi connectivity index (χ2v) is 21.0. The summed E-state index contributed by atoms with van der Waals surface area (Å²) in [5.41, 5.74) is 1.70. The molecule has 3 aliphatic carbocycles. The van der Waals surface area contributed by atoms with Crippen molar-refractivity contribution >= 4 is 44.7 Å². The van der Waals surface area contributed by atoms with E-state index in [0.29, 0.717) is 55.5 Å². The molecule has 3 aromatic rings.